The molecule has 3 aromatic rings. The highest BCUT2D eigenvalue weighted by molar-refractivity contribution is 5.87. The lowest BCUT2D eigenvalue weighted by atomic mass is 10.0. The van der Waals surface area contributed by atoms with Gasteiger partial charge in [0.25, 0.3) is 0 Å². The summed E-state index contributed by atoms with van der Waals surface area (Å²) in [7, 11) is 0. The Hall–Kier alpha value is -2.47. The average molecular weight is 394 g/mol. The van der Waals surface area contributed by atoms with Crippen LogP contribution < -0.4 is 0 Å². The molecule has 0 saturated carbocycles. The molecule has 0 radical (unpaired) electrons. The van der Waals surface area contributed by atoms with E-state index < -0.39 is 0 Å². The van der Waals surface area contributed by atoms with E-state index in [0.717, 1.165) is 48.1 Å². The Kier molecular flexibility index (Phi) is 6.09. The second kappa shape index (κ2) is 8.91. The lowest BCUT2D eigenvalue weighted by Crippen LogP contribution is -2.52. The van der Waals surface area contributed by atoms with E-state index in [1.807, 2.05) is 30.3 Å². The van der Waals surface area contributed by atoms with Gasteiger partial charge in [0.15, 0.2) is 0 Å². The van der Waals surface area contributed by atoms with Crippen LogP contribution in [0.15, 0.2) is 60.7 Å². The Balaban J connectivity index is 1.49. The second-order valence-electron chi connectivity index (χ2n) is 7.78. The predicted molar refractivity (Wildman–Crippen MR) is 113 cm³/mol. The van der Waals surface area contributed by atoms with Crippen LogP contribution in [0.3, 0.4) is 0 Å². The molecule has 4 nitrogen and oxygen atoms in total. The van der Waals surface area contributed by atoms with Gasteiger partial charge in [-0.15, -0.1) is 0 Å². The molecule has 1 heterocycles. The predicted octanol–water partition coefficient (Wildman–Crippen LogP) is 3.75. The summed E-state index contributed by atoms with van der Waals surface area (Å²) in [6.07, 6.45) is 0.694. The fourth-order valence-corrected chi connectivity index (χ4v) is 4.27. The number of benzene rings is 3. The molecule has 5 heteroatoms. The Labute approximate surface area is 170 Å². The van der Waals surface area contributed by atoms with Crippen LogP contribution in [0.25, 0.3) is 10.8 Å². The maximum atomic E-state index is 13.2. The van der Waals surface area contributed by atoms with Crippen LogP contribution in [-0.4, -0.2) is 52.3 Å². The molecular weight excluding hydrogens is 367 g/mol. The first-order valence-electron chi connectivity index (χ1n) is 10.2. The summed E-state index contributed by atoms with van der Waals surface area (Å²) in [4.78, 5) is 4.71. The molecule has 0 aliphatic carbocycles. The molecule has 152 valence electrons. The van der Waals surface area contributed by atoms with Crippen molar-refractivity contribution in [2.45, 2.75) is 25.6 Å². The summed E-state index contributed by atoms with van der Waals surface area (Å²) in [5.41, 5.74) is 2.03. The van der Waals surface area contributed by atoms with E-state index in [-0.39, 0.29) is 18.5 Å². The van der Waals surface area contributed by atoms with Crippen LogP contribution in [-0.2, 0) is 13.1 Å². The largest absolute Gasteiger partial charge is 0.508 e. The number of aliphatic hydroxyl groups is 1. The third-order valence-corrected chi connectivity index (χ3v) is 5.85. The van der Waals surface area contributed by atoms with Gasteiger partial charge in [-0.3, -0.25) is 9.80 Å². The van der Waals surface area contributed by atoms with Gasteiger partial charge in [0.1, 0.15) is 11.6 Å². The van der Waals surface area contributed by atoms with E-state index in [4.69, 9.17) is 0 Å². The van der Waals surface area contributed by atoms with Crippen molar-refractivity contribution in [3.8, 4) is 5.75 Å². The number of aliphatic hydroxyl groups excluding tert-OH is 1. The van der Waals surface area contributed by atoms with Gasteiger partial charge in [-0.1, -0.05) is 42.5 Å². The first-order chi connectivity index (χ1) is 14.1. The Bertz CT molecular complexity index is 961. The summed E-state index contributed by atoms with van der Waals surface area (Å²) in [5.74, 6) is 0.108. The van der Waals surface area contributed by atoms with Crippen LogP contribution >= 0.6 is 0 Å². The first kappa shape index (κ1) is 19.8. The van der Waals surface area contributed by atoms with E-state index in [1.54, 1.807) is 6.07 Å². The van der Waals surface area contributed by atoms with E-state index >= 15 is 0 Å². The summed E-state index contributed by atoms with van der Waals surface area (Å²) in [6, 6.07) is 18.7. The molecule has 0 unspecified atom stereocenters. The molecule has 4 rings (SSSR count). The van der Waals surface area contributed by atoms with E-state index in [9.17, 15) is 14.6 Å². The summed E-state index contributed by atoms with van der Waals surface area (Å²) in [5, 5.41) is 22.2. The molecule has 0 spiro atoms. The first-order valence-corrected chi connectivity index (χ1v) is 10.2. The van der Waals surface area contributed by atoms with Crippen molar-refractivity contribution in [3.63, 3.8) is 0 Å². The molecule has 29 heavy (non-hydrogen) atoms. The van der Waals surface area contributed by atoms with Crippen molar-refractivity contribution in [2.75, 3.05) is 26.2 Å². The van der Waals surface area contributed by atoms with Crippen LogP contribution in [0.2, 0.25) is 0 Å². The van der Waals surface area contributed by atoms with Crippen molar-refractivity contribution in [1.82, 2.24) is 9.80 Å². The zero-order valence-electron chi connectivity index (χ0n) is 16.5. The highest BCUT2D eigenvalue weighted by atomic mass is 19.1. The van der Waals surface area contributed by atoms with Gasteiger partial charge >= 0.3 is 0 Å². The number of nitrogens with zero attached hydrogens (tertiary/aromatic N) is 2. The quantitative estimate of drug-likeness (QED) is 0.668. The number of hydrogen-bond acceptors (Lipinski definition) is 4. The number of hydrogen-bond donors (Lipinski definition) is 2. The number of phenolic OH excluding ortho intramolecular Hbond substituents is 1. The van der Waals surface area contributed by atoms with E-state index in [0.29, 0.717) is 18.7 Å². The molecule has 3 aromatic carbocycles. The topological polar surface area (TPSA) is 46.9 Å². The van der Waals surface area contributed by atoms with Gasteiger partial charge in [0.05, 0.1) is 0 Å². The molecule has 1 fully saturated rings. The monoisotopic (exact) mass is 394 g/mol. The smallest absolute Gasteiger partial charge is 0.123 e. The molecular formula is C24H27FN2O2. The lowest BCUT2D eigenvalue weighted by Gasteiger charge is -2.41. The number of halogens is 1. The second-order valence-corrected chi connectivity index (χ2v) is 7.78. The SMILES string of the molecule is OCC[C@@H]1CN(Cc2c(O)ccc3ccccc23)CCN1Cc1ccc(F)cc1. The zero-order chi connectivity index (χ0) is 20.2. The standard InChI is InChI=1S/C24H27FN2O2/c25-20-8-5-18(6-9-20)15-27-13-12-26(16-21(27)11-14-28)17-23-22-4-2-1-3-19(22)7-10-24(23)29/h1-10,21,28-29H,11-17H2/t21-/m1/s1. The average Bonchev–Trinajstić information content (AvgIpc) is 2.74. The van der Waals surface area contributed by atoms with Crippen LogP contribution in [0.1, 0.15) is 17.5 Å². The number of piperazine rings is 1. The maximum absolute atomic E-state index is 13.2. The molecule has 1 aliphatic rings. The number of phenols is 1. The molecule has 2 N–H and O–H groups in total. The highest BCUT2D eigenvalue weighted by Crippen LogP contribution is 2.29. The molecule has 1 saturated heterocycles. The van der Waals surface area contributed by atoms with Crippen LogP contribution in [0.5, 0.6) is 5.75 Å². The number of fused-ring (bicyclic) bond motifs is 1. The van der Waals surface area contributed by atoms with Gasteiger partial charge in [-0.05, 0) is 41.0 Å². The minimum atomic E-state index is -0.222. The van der Waals surface area contributed by atoms with Crippen LogP contribution in [0, 0.1) is 5.82 Å². The third-order valence-electron chi connectivity index (χ3n) is 5.85. The molecule has 0 aromatic heterocycles. The normalized spacial score (nSPS) is 18.3. The molecule has 0 amide bonds. The summed E-state index contributed by atoms with van der Waals surface area (Å²) >= 11 is 0. The Morgan fingerprint density at radius 1 is 0.931 bits per heavy atom. The van der Waals surface area contributed by atoms with Crippen molar-refractivity contribution in [3.05, 3.63) is 77.6 Å². The highest BCUT2D eigenvalue weighted by Gasteiger charge is 2.27. The molecule has 1 aliphatic heterocycles. The van der Waals surface area contributed by atoms with Crippen LogP contribution in [0.4, 0.5) is 4.39 Å². The summed E-state index contributed by atoms with van der Waals surface area (Å²) in [6.45, 7) is 4.14. The third kappa shape index (κ3) is 4.58. The van der Waals surface area contributed by atoms with E-state index in [1.165, 1.54) is 12.1 Å². The molecule has 0 bridgehead atoms. The Morgan fingerprint density at radius 3 is 2.52 bits per heavy atom. The minimum absolute atomic E-state index is 0.137. The Morgan fingerprint density at radius 2 is 1.72 bits per heavy atom. The lowest BCUT2D eigenvalue weighted by molar-refractivity contribution is 0.0498. The van der Waals surface area contributed by atoms with Gasteiger partial charge in [-0.2, -0.15) is 0 Å². The number of aromatic hydroxyl groups is 1. The maximum Gasteiger partial charge on any atom is 0.123 e. The fourth-order valence-electron chi connectivity index (χ4n) is 4.27. The van der Waals surface area contributed by atoms with Crippen molar-refractivity contribution in [1.29, 1.82) is 0 Å². The minimum Gasteiger partial charge on any atom is -0.508 e. The fraction of sp³-hybridized carbons (Fsp3) is 0.333. The van der Waals surface area contributed by atoms with Gasteiger partial charge in [-0.25, -0.2) is 4.39 Å². The van der Waals surface area contributed by atoms with Crippen molar-refractivity contribution >= 4 is 10.8 Å². The number of rotatable bonds is 6. The molecule has 1 atom stereocenters. The zero-order valence-corrected chi connectivity index (χ0v) is 16.5. The van der Waals surface area contributed by atoms with E-state index in [2.05, 4.69) is 21.9 Å². The van der Waals surface area contributed by atoms with Gasteiger partial charge in [0.2, 0.25) is 0 Å². The van der Waals surface area contributed by atoms with Crippen molar-refractivity contribution < 1.29 is 14.6 Å². The summed E-state index contributed by atoms with van der Waals surface area (Å²) < 4.78 is 13.2. The van der Waals surface area contributed by atoms with Crippen molar-refractivity contribution in [2.24, 2.45) is 0 Å². The van der Waals surface area contributed by atoms with Gasteiger partial charge in [0, 0.05) is 50.9 Å². The van der Waals surface area contributed by atoms with Gasteiger partial charge < -0.3 is 10.2 Å².